The third kappa shape index (κ3) is 3.72. The first kappa shape index (κ1) is 17.6. The molecular formula is C18H16Cl2N2O3. The monoisotopic (exact) mass is 378 g/mol. The molecule has 1 atom stereocenters. The van der Waals surface area contributed by atoms with E-state index in [0.29, 0.717) is 27.2 Å². The van der Waals surface area contributed by atoms with Gasteiger partial charge in [0, 0.05) is 24.7 Å². The van der Waals surface area contributed by atoms with Crippen LogP contribution in [0.15, 0.2) is 42.5 Å². The first-order valence-corrected chi connectivity index (χ1v) is 8.44. The number of ether oxygens (including phenoxy) is 1. The molecule has 2 aromatic rings. The van der Waals surface area contributed by atoms with Gasteiger partial charge in [-0.2, -0.15) is 0 Å². The van der Waals surface area contributed by atoms with E-state index in [4.69, 9.17) is 27.9 Å². The van der Waals surface area contributed by atoms with E-state index in [-0.39, 0.29) is 24.8 Å². The van der Waals surface area contributed by atoms with Gasteiger partial charge >= 0.3 is 0 Å². The molecule has 1 aliphatic heterocycles. The molecule has 0 radical (unpaired) electrons. The maximum Gasteiger partial charge on any atom is 0.229 e. The lowest BCUT2D eigenvalue weighted by Crippen LogP contribution is -2.28. The van der Waals surface area contributed by atoms with E-state index < -0.39 is 5.92 Å². The summed E-state index contributed by atoms with van der Waals surface area (Å²) in [6.07, 6.45) is 0.124. The fourth-order valence-corrected chi connectivity index (χ4v) is 3.16. The largest absolute Gasteiger partial charge is 0.497 e. The molecule has 1 unspecified atom stereocenters. The van der Waals surface area contributed by atoms with Crippen LogP contribution in [0, 0.1) is 5.92 Å². The molecule has 1 saturated heterocycles. The van der Waals surface area contributed by atoms with Gasteiger partial charge in [0.25, 0.3) is 0 Å². The van der Waals surface area contributed by atoms with E-state index in [1.165, 1.54) is 4.90 Å². The van der Waals surface area contributed by atoms with Crippen molar-refractivity contribution < 1.29 is 14.3 Å². The van der Waals surface area contributed by atoms with Crippen LogP contribution in [0.3, 0.4) is 0 Å². The predicted molar refractivity (Wildman–Crippen MR) is 98.5 cm³/mol. The highest BCUT2D eigenvalue weighted by molar-refractivity contribution is 6.44. The number of methoxy groups -OCH3 is 1. The molecule has 0 bridgehead atoms. The second-order valence-corrected chi connectivity index (χ2v) is 6.48. The first-order chi connectivity index (χ1) is 12.0. The topological polar surface area (TPSA) is 58.6 Å². The highest BCUT2D eigenvalue weighted by Crippen LogP contribution is 2.36. The summed E-state index contributed by atoms with van der Waals surface area (Å²) in [7, 11) is 1.56. The van der Waals surface area contributed by atoms with Gasteiger partial charge in [-0.05, 0) is 24.3 Å². The molecule has 0 aromatic heterocycles. The zero-order valence-electron chi connectivity index (χ0n) is 13.5. The van der Waals surface area contributed by atoms with Gasteiger partial charge in [0.1, 0.15) is 5.75 Å². The second-order valence-electron chi connectivity index (χ2n) is 5.70. The van der Waals surface area contributed by atoms with Crippen molar-refractivity contribution in [2.24, 2.45) is 5.92 Å². The molecule has 2 aromatic carbocycles. The number of benzene rings is 2. The van der Waals surface area contributed by atoms with Crippen molar-refractivity contribution in [3.63, 3.8) is 0 Å². The number of carbonyl (C=O) groups is 2. The summed E-state index contributed by atoms with van der Waals surface area (Å²) in [6, 6.07) is 12.2. The zero-order chi connectivity index (χ0) is 18.0. The van der Waals surface area contributed by atoms with Gasteiger partial charge < -0.3 is 15.0 Å². The zero-order valence-corrected chi connectivity index (χ0v) is 15.0. The lowest BCUT2D eigenvalue weighted by Gasteiger charge is -2.18. The van der Waals surface area contributed by atoms with Crippen LogP contribution in [0.5, 0.6) is 5.75 Å². The van der Waals surface area contributed by atoms with Crippen molar-refractivity contribution in [2.75, 3.05) is 23.9 Å². The van der Waals surface area contributed by atoms with Crippen molar-refractivity contribution in [3.8, 4) is 5.75 Å². The van der Waals surface area contributed by atoms with Crippen molar-refractivity contribution in [2.45, 2.75) is 6.42 Å². The number of halogens is 2. The summed E-state index contributed by atoms with van der Waals surface area (Å²) >= 11 is 12.2. The number of carbonyl (C=O) groups excluding carboxylic acids is 2. The molecular weight excluding hydrogens is 363 g/mol. The number of hydrogen-bond donors (Lipinski definition) is 1. The molecule has 25 heavy (non-hydrogen) atoms. The Balaban J connectivity index is 1.73. The molecule has 3 rings (SSSR count). The molecule has 0 aliphatic carbocycles. The van der Waals surface area contributed by atoms with E-state index in [0.717, 1.165) is 0 Å². The molecule has 7 heteroatoms. The summed E-state index contributed by atoms with van der Waals surface area (Å²) < 4.78 is 5.14. The molecule has 5 nitrogen and oxygen atoms in total. The standard InChI is InChI=1S/C18H16Cl2N2O3/c1-25-13-5-2-4-12(9-13)21-18(24)11-8-16(23)22(10-11)15-7-3-6-14(19)17(15)20/h2-7,9,11H,8,10H2,1H3,(H,21,24). The summed E-state index contributed by atoms with van der Waals surface area (Å²) in [4.78, 5) is 26.3. The fraction of sp³-hybridized carbons (Fsp3) is 0.222. The van der Waals surface area contributed by atoms with E-state index in [2.05, 4.69) is 5.32 Å². The maximum atomic E-state index is 12.5. The van der Waals surface area contributed by atoms with Gasteiger partial charge in [-0.3, -0.25) is 9.59 Å². The normalized spacial score (nSPS) is 16.8. The lowest BCUT2D eigenvalue weighted by atomic mass is 10.1. The maximum absolute atomic E-state index is 12.5. The van der Waals surface area contributed by atoms with Crippen LogP contribution in [0.1, 0.15) is 6.42 Å². The van der Waals surface area contributed by atoms with Gasteiger partial charge in [0.15, 0.2) is 0 Å². The van der Waals surface area contributed by atoms with Crippen LogP contribution in [-0.2, 0) is 9.59 Å². The minimum atomic E-state index is -0.464. The number of amides is 2. The van der Waals surface area contributed by atoms with Crippen LogP contribution >= 0.6 is 23.2 Å². The Morgan fingerprint density at radius 3 is 2.76 bits per heavy atom. The quantitative estimate of drug-likeness (QED) is 0.874. The SMILES string of the molecule is COc1cccc(NC(=O)C2CC(=O)N(c3cccc(Cl)c3Cl)C2)c1. The predicted octanol–water partition coefficient (Wildman–Crippen LogP) is 3.99. The van der Waals surface area contributed by atoms with Crippen LogP contribution in [0.4, 0.5) is 11.4 Å². The smallest absolute Gasteiger partial charge is 0.229 e. The van der Waals surface area contributed by atoms with Gasteiger partial charge in [0.05, 0.1) is 28.8 Å². The number of nitrogens with one attached hydrogen (secondary N) is 1. The van der Waals surface area contributed by atoms with Gasteiger partial charge in [-0.25, -0.2) is 0 Å². The Morgan fingerprint density at radius 2 is 2.00 bits per heavy atom. The Hall–Kier alpha value is -2.24. The van der Waals surface area contributed by atoms with Crippen molar-refractivity contribution in [1.82, 2.24) is 0 Å². The fourth-order valence-electron chi connectivity index (χ4n) is 2.76. The molecule has 1 heterocycles. The van der Waals surface area contributed by atoms with Gasteiger partial charge in [-0.1, -0.05) is 35.3 Å². The average molecular weight is 379 g/mol. The van der Waals surface area contributed by atoms with E-state index in [1.54, 1.807) is 49.6 Å². The third-order valence-corrected chi connectivity index (χ3v) is 4.86. The van der Waals surface area contributed by atoms with Crippen LogP contribution in [-0.4, -0.2) is 25.5 Å². The second kappa shape index (κ2) is 7.33. The van der Waals surface area contributed by atoms with E-state index >= 15 is 0 Å². The van der Waals surface area contributed by atoms with Gasteiger partial charge in [-0.15, -0.1) is 0 Å². The molecule has 2 amide bonds. The van der Waals surface area contributed by atoms with Crippen molar-refractivity contribution in [3.05, 3.63) is 52.5 Å². The van der Waals surface area contributed by atoms with Crippen LogP contribution in [0.25, 0.3) is 0 Å². The number of nitrogens with zero attached hydrogens (tertiary/aromatic N) is 1. The summed E-state index contributed by atoms with van der Waals surface area (Å²) in [5.74, 6) is -0.196. The minimum absolute atomic E-state index is 0.124. The van der Waals surface area contributed by atoms with Gasteiger partial charge in [0.2, 0.25) is 11.8 Å². The number of rotatable bonds is 4. The highest BCUT2D eigenvalue weighted by atomic mass is 35.5. The number of hydrogen-bond acceptors (Lipinski definition) is 3. The molecule has 0 spiro atoms. The Morgan fingerprint density at radius 1 is 1.24 bits per heavy atom. The summed E-state index contributed by atoms with van der Waals surface area (Å²) in [5, 5.41) is 3.50. The summed E-state index contributed by atoms with van der Waals surface area (Å²) in [6.45, 7) is 0.259. The van der Waals surface area contributed by atoms with Crippen LogP contribution in [0.2, 0.25) is 10.0 Å². The highest BCUT2D eigenvalue weighted by Gasteiger charge is 2.36. The minimum Gasteiger partial charge on any atom is -0.497 e. The molecule has 0 saturated carbocycles. The first-order valence-electron chi connectivity index (χ1n) is 7.69. The third-order valence-electron chi connectivity index (χ3n) is 4.06. The Kier molecular flexibility index (Phi) is 5.16. The van der Waals surface area contributed by atoms with Crippen molar-refractivity contribution >= 4 is 46.4 Å². The Labute approximate surface area is 155 Å². The Bertz CT molecular complexity index is 826. The van der Waals surface area contributed by atoms with Crippen LogP contribution < -0.4 is 15.0 Å². The number of anilines is 2. The summed E-state index contributed by atoms with van der Waals surface area (Å²) in [5.41, 5.74) is 1.15. The van der Waals surface area contributed by atoms with E-state index in [1.807, 2.05) is 0 Å². The molecule has 1 fully saturated rings. The molecule has 130 valence electrons. The molecule has 1 N–H and O–H groups in total. The van der Waals surface area contributed by atoms with E-state index in [9.17, 15) is 9.59 Å². The van der Waals surface area contributed by atoms with Crippen molar-refractivity contribution in [1.29, 1.82) is 0 Å². The average Bonchev–Trinajstić information content (AvgIpc) is 2.99. The lowest BCUT2D eigenvalue weighted by molar-refractivity contribution is -0.122. The molecule has 1 aliphatic rings.